The summed E-state index contributed by atoms with van der Waals surface area (Å²) in [6.45, 7) is 16.2. The minimum Gasteiger partial charge on any atom is -0.508 e. The SMILES string of the molecule is CCOC(=O)c1c(C)n(CC(C)(C)C)c2ccc(O)c(C(C)(C)C(=O)OCC)c12. The van der Waals surface area contributed by atoms with Gasteiger partial charge in [0.15, 0.2) is 0 Å². The number of hydrogen-bond donors (Lipinski definition) is 1. The van der Waals surface area contributed by atoms with Gasteiger partial charge in [0.25, 0.3) is 0 Å². The molecular formula is C23H33NO5. The van der Waals surface area contributed by atoms with Crippen LogP contribution in [0.25, 0.3) is 10.9 Å². The number of benzene rings is 1. The van der Waals surface area contributed by atoms with Crippen LogP contribution >= 0.6 is 0 Å². The minimum absolute atomic E-state index is 0.0443. The zero-order valence-corrected chi connectivity index (χ0v) is 18.8. The molecule has 2 rings (SSSR count). The summed E-state index contributed by atoms with van der Waals surface area (Å²) in [5.74, 6) is -0.970. The van der Waals surface area contributed by atoms with Gasteiger partial charge < -0.3 is 19.1 Å². The number of aromatic hydroxyl groups is 1. The van der Waals surface area contributed by atoms with Gasteiger partial charge in [-0.25, -0.2) is 4.79 Å². The van der Waals surface area contributed by atoms with Crippen molar-refractivity contribution in [1.82, 2.24) is 4.57 Å². The van der Waals surface area contributed by atoms with Gasteiger partial charge in [-0.1, -0.05) is 20.8 Å². The third-order valence-corrected chi connectivity index (χ3v) is 4.99. The molecule has 0 aliphatic heterocycles. The van der Waals surface area contributed by atoms with E-state index in [0.29, 0.717) is 23.1 Å². The number of carbonyl (C=O) groups excluding carboxylic acids is 2. The predicted octanol–water partition coefficient (Wildman–Crippen LogP) is 4.72. The van der Waals surface area contributed by atoms with Gasteiger partial charge in [0, 0.05) is 28.7 Å². The highest BCUT2D eigenvalue weighted by Gasteiger charge is 2.38. The molecule has 0 spiro atoms. The molecule has 0 amide bonds. The van der Waals surface area contributed by atoms with E-state index in [2.05, 4.69) is 25.3 Å². The molecule has 6 heteroatoms. The van der Waals surface area contributed by atoms with Gasteiger partial charge in [-0.05, 0) is 52.2 Å². The third kappa shape index (κ3) is 4.26. The Morgan fingerprint density at radius 2 is 1.62 bits per heavy atom. The van der Waals surface area contributed by atoms with Gasteiger partial charge in [0.2, 0.25) is 0 Å². The number of carbonyl (C=O) groups is 2. The number of hydrogen-bond acceptors (Lipinski definition) is 5. The summed E-state index contributed by atoms with van der Waals surface area (Å²) in [7, 11) is 0. The summed E-state index contributed by atoms with van der Waals surface area (Å²) >= 11 is 0. The van der Waals surface area contributed by atoms with Crippen molar-refractivity contribution in [3.8, 4) is 5.75 Å². The Labute approximate surface area is 172 Å². The smallest absolute Gasteiger partial charge is 0.340 e. The van der Waals surface area contributed by atoms with E-state index in [4.69, 9.17) is 9.47 Å². The van der Waals surface area contributed by atoms with Crippen LogP contribution in [0.15, 0.2) is 12.1 Å². The lowest BCUT2D eigenvalue weighted by Gasteiger charge is -2.25. The molecule has 0 saturated heterocycles. The molecule has 1 aromatic heterocycles. The second-order valence-corrected chi connectivity index (χ2v) is 9.03. The Morgan fingerprint density at radius 1 is 1.03 bits per heavy atom. The summed E-state index contributed by atoms with van der Waals surface area (Å²) in [4.78, 5) is 25.6. The molecule has 1 N–H and O–H groups in total. The van der Waals surface area contributed by atoms with Gasteiger partial charge in [0.1, 0.15) is 5.75 Å². The van der Waals surface area contributed by atoms with E-state index in [-0.39, 0.29) is 24.4 Å². The largest absolute Gasteiger partial charge is 0.508 e. The first-order chi connectivity index (χ1) is 13.4. The first kappa shape index (κ1) is 22.8. The minimum atomic E-state index is -1.15. The van der Waals surface area contributed by atoms with Gasteiger partial charge in [-0.3, -0.25) is 4.79 Å². The fraction of sp³-hybridized carbons (Fsp3) is 0.565. The molecule has 2 aromatic rings. The van der Waals surface area contributed by atoms with Gasteiger partial charge >= 0.3 is 11.9 Å². The predicted molar refractivity (Wildman–Crippen MR) is 113 cm³/mol. The standard InChI is InChI=1S/C23H33NO5/c1-9-28-20(26)17-14(3)24(13-22(4,5)6)15-11-12-16(25)19(18(15)17)23(7,8)21(27)29-10-2/h11-12,25H,9-10,13H2,1-8H3. The molecule has 1 aromatic carbocycles. The van der Waals surface area contributed by atoms with Crippen molar-refractivity contribution in [2.24, 2.45) is 5.41 Å². The Kier molecular flexibility index (Phi) is 6.36. The summed E-state index contributed by atoms with van der Waals surface area (Å²) in [5.41, 5.74) is 1.10. The molecule has 0 fully saturated rings. The lowest BCUT2D eigenvalue weighted by atomic mass is 9.81. The number of esters is 2. The molecule has 0 unspecified atom stereocenters. The second kappa shape index (κ2) is 8.09. The zero-order chi connectivity index (χ0) is 22.1. The van der Waals surface area contributed by atoms with E-state index in [1.165, 1.54) is 0 Å². The molecular weight excluding hydrogens is 370 g/mol. The lowest BCUT2D eigenvalue weighted by Crippen LogP contribution is -2.31. The average molecular weight is 404 g/mol. The number of ether oxygens (including phenoxy) is 2. The van der Waals surface area contributed by atoms with E-state index >= 15 is 0 Å². The normalized spacial score (nSPS) is 12.3. The van der Waals surface area contributed by atoms with E-state index in [0.717, 1.165) is 11.2 Å². The Hall–Kier alpha value is -2.50. The van der Waals surface area contributed by atoms with Crippen LogP contribution in [-0.4, -0.2) is 34.8 Å². The molecule has 1 heterocycles. The number of phenols is 1. The monoisotopic (exact) mass is 403 g/mol. The van der Waals surface area contributed by atoms with Gasteiger partial charge in [0.05, 0.1) is 24.2 Å². The highest BCUT2D eigenvalue weighted by Crippen LogP contribution is 2.42. The second-order valence-electron chi connectivity index (χ2n) is 9.03. The number of fused-ring (bicyclic) bond motifs is 1. The van der Waals surface area contributed by atoms with E-state index in [1.54, 1.807) is 39.8 Å². The molecule has 0 saturated carbocycles. The van der Waals surface area contributed by atoms with Crippen LogP contribution in [0.2, 0.25) is 0 Å². The Morgan fingerprint density at radius 3 is 2.14 bits per heavy atom. The zero-order valence-electron chi connectivity index (χ0n) is 18.8. The summed E-state index contributed by atoms with van der Waals surface area (Å²) in [5, 5.41) is 11.3. The molecule has 0 radical (unpaired) electrons. The lowest BCUT2D eigenvalue weighted by molar-refractivity contribution is -0.148. The van der Waals surface area contributed by atoms with Crippen LogP contribution in [-0.2, 0) is 26.2 Å². The maximum absolute atomic E-state index is 12.9. The first-order valence-electron chi connectivity index (χ1n) is 10.1. The Balaban J connectivity index is 2.95. The van der Waals surface area contributed by atoms with Crippen molar-refractivity contribution in [3.63, 3.8) is 0 Å². The van der Waals surface area contributed by atoms with Crippen LogP contribution in [0.5, 0.6) is 5.75 Å². The van der Waals surface area contributed by atoms with E-state index in [9.17, 15) is 14.7 Å². The molecule has 0 aliphatic rings. The van der Waals surface area contributed by atoms with Crippen molar-refractivity contribution in [3.05, 3.63) is 29.0 Å². The average Bonchev–Trinajstić information content (AvgIpc) is 2.85. The van der Waals surface area contributed by atoms with Crippen molar-refractivity contribution >= 4 is 22.8 Å². The molecule has 0 bridgehead atoms. The highest BCUT2D eigenvalue weighted by molar-refractivity contribution is 6.09. The molecule has 6 nitrogen and oxygen atoms in total. The fourth-order valence-electron chi connectivity index (χ4n) is 3.73. The Bertz CT molecular complexity index is 931. The molecule has 0 aliphatic carbocycles. The maximum atomic E-state index is 12.9. The van der Waals surface area contributed by atoms with Crippen molar-refractivity contribution in [1.29, 1.82) is 0 Å². The third-order valence-electron chi connectivity index (χ3n) is 4.99. The number of phenolic OH excluding ortho intramolecular Hbond substituents is 1. The number of nitrogens with zero attached hydrogens (tertiary/aromatic N) is 1. The fourth-order valence-corrected chi connectivity index (χ4v) is 3.73. The van der Waals surface area contributed by atoms with E-state index < -0.39 is 17.4 Å². The van der Waals surface area contributed by atoms with Gasteiger partial charge in [-0.2, -0.15) is 0 Å². The quantitative estimate of drug-likeness (QED) is 0.706. The van der Waals surface area contributed by atoms with Crippen LogP contribution in [0.1, 0.15) is 70.1 Å². The van der Waals surface area contributed by atoms with Crippen molar-refractivity contribution in [2.45, 2.75) is 67.3 Å². The van der Waals surface area contributed by atoms with Crippen molar-refractivity contribution in [2.75, 3.05) is 13.2 Å². The molecule has 0 atom stereocenters. The van der Waals surface area contributed by atoms with Crippen LogP contribution in [0.3, 0.4) is 0 Å². The van der Waals surface area contributed by atoms with E-state index in [1.807, 2.05) is 6.92 Å². The molecule has 160 valence electrons. The first-order valence-corrected chi connectivity index (χ1v) is 10.1. The van der Waals surface area contributed by atoms with Crippen LogP contribution < -0.4 is 0 Å². The van der Waals surface area contributed by atoms with Crippen molar-refractivity contribution < 1.29 is 24.2 Å². The summed E-state index contributed by atoms with van der Waals surface area (Å²) < 4.78 is 12.6. The summed E-state index contributed by atoms with van der Waals surface area (Å²) in [6.07, 6.45) is 0. The van der Waals surface area contributed by atoms with Crippen LogP contribution in [0.4, 0.5) is 0 Å². The highest BCUT2D eigenvalue weighted by atomic mass is 16.5. The van der Waals surface area contributed by atoms with Crippen LogP contribution in [0, 0.1) is 12.3 Å². The number of aromatic nitrogens is 1. The number of rotatable bonds is 6. The molecule has 29 heavy (non-hydrogen) atoms. The topological polar surface area (TPSA) is 77.8 Å². The maximum Gasteiger partial charge on any atom is 0.340 e. The summed E-state index contributed by atoms with van der Waals surface area (Å²) in [6, 6.07) is 3.36. The van der Waals surface area contributed by atoms with Gasteiger partial charge in [-0.15, -0.1) is 0 Å².